The summed E-state index contributed by atoms with van der Waals surface area (Å²) in [4.78, 5) is 29.8. The summed E-state index contributed by atoms with van der Waals surface area (Å²) in [5.41, 5.74) is 3.30. The molecule has 0 unspecified atom stereocenters. The minimum atomic E-state index is -0.407. The van der Waals surface area contributed by atoms with Crippen molar-refractivity contribution in [1.29, 1.82) is 0 Å². The maximum absolute atomic E-state index is 12.5. The number of carbonyl (C=O) groups excluding carboxylic acids is 1. The van der Waals surface area contributed by atoms with E-state index in [1.54, 1.807) is 24.0 Å². The molecule has 7 nitrogen and oxygen atoms in total. The van der Waals surface area contributed by atoms with Crippen LogP contribution in [0.5, 0.6) is 0 Å². The summed E-state index contributed by atoms with van der Waals surface area (Å²) >= 11 is 0. The first-order valence-electron chi connectivity index (χ1n) is 9.23. The van der Waals surface area contributed by atoms with Gasteiger partial charge >= 0.3 is 0 Å². The Morgan fingerprint density at radius 2 is 2.00 bits per heavy atom. The largest absolute Gasteiger partial charge is 0.348 e. The summed E-state index contributed by atoms with van der Waals surface area (Å²) in [5.74, 6) is -0.385. The lowest BCUT2D eigenvalue weighted by Crippen LogP contribution is -2.29. The van der Waals surface area contributed by atoms with Crippen molar-refractivity contribution in [1.82, 2.24) is 25.0 Å². The predicted octanol–water partition coefficient (Wildman–Crippen LogP) is 1.79. The highest BCUT2D eigenvalue weighted by Crippen LogP contribution is 2.14. The van der Waals surface area contributed by atoms with E-state index in [4.69, 9.17) is 0 Å². The number of fused-ring (bicyclic) bond motifs is 1. The monoisotopic (exact) mass is 365 g/mol. The molecule has 0 aliphatic carbocycles. The van der Waals surface area contributed by atoms with Crippen molar-refractivity contribution in [3.8, 4) is 0 Å². The fourth-order valence-electron chi connectivity index (χ4n) is 3.59. The molecule has 3 aromatic rings. The van der Waals surface area contributed by atoms with Gasteiger partial charge in [0.2, 0.25) is 0 Å². The second kappa shape index (κ2) is 7.36. The van der Waals surface area contributed by atoms with Crippen LogP contribution in [0.25, 0.3) is 11.0 Å². The topological polar surface area (TPSA) is 83.0 Å². The maximum atomic E-state index is 12.5. The summed E-state index contributed by atoms with van der Waals surface area (Å²) in [7, 11) is 1.77. The van der Waals surface area contributed by atoms with Gasteiger partial charge < -0.3 is 10.3 Å². The molecular weight excluding hydrogens is 342 g/mol. The van der Waals surface area contributed by atoms with Crippen LogP contribution in [0.1, 0.15) is 34.3 Å². The van der Waals surface area contributed by atoms with Gasteiger partial charge in [-0.2, -0.15) is 5.10 Å². The van der Waals surface area contributed by atoms with Crippen LogP contribution in [0.15, 0.2) is 41.3 Å². The quantitative estimate of drug-likeness (QED) is 0.722. The minimum Gasteiger partial charge on any atom is -0.348 e. The highest BCUT2D eigenvalue weighted by Gasteiger charge is 2.14. The van der Waals surface area contributed by atoms with Crippen LogP contribution in [0.2, 0.25) is 0 Å². The standard InChI is InChI=1S/C20H23N5O2/c1-24-18-10-16(20(27)23-17(18)12-22-24)19(26)21-11-14-5-4-6-15(9-14)13-25-7-2-3-8-25/h4-6,9-10,12H,2-3,7-8,11,13H2,1H3,(H,21,26)(H,23,27). The Balaban J connectivity index is 1.45. The van der Waals surface area contributed by atoms with E-state index in [0.717, 1.165) is 25.2 Å². The third-order valence-corrected chi connectivity index (χ3v) is 5.05. The summed E-state index contributed by atoms with van der Waals surface area (Å²) in [6.45, 7) is 3.63. The van der Waals surface area contributed by atoms with E-state index in [2.05, 4.69) is 32.4 Å². The van der Waals surface area contributed by atoms with Gasteiger partial charge in [0, 0.05) is 20.1 Å². The molecule has 4 rings (SSSR count). The number of carbonyl (C=O) groups is 1. The molecule has 27 heavy (non-hydrogen) atoms. The number of pyridine rings is 1. The van der Waals surface area contributed by atoms with Gasteiger partial charge in [-0.05, 0) is 43.1 Å². The Kier molecular flexibility index (Phi) is 4.77. The Morgan fingerprint density at radius 1 is 1.22 bits per heavy atom. The van der Waals surface area contributed by atoms with E-state index in [1.165, 1.54) is 18.4 Å². The normalized spacial score (nSPS) is 14.7. The van der Waals surface area contributed by atoms with Crippen LogP contribution in [-0.4, -0.2) is 38.7 Å². The highest BCUT2D eigenvalue weighted by atomic mass is 16.2. The molecule has 1 aromatic carbocycles. The summed E-state index contributed by atoms with van der Waals surface area (Å²) in [6, 6.07) is 9.82. The number of likely N-dealkylation sites (tertiary alicyclic amines) is 1. The van der Waals surface area contributed by atoms with E-state index in [0.29, 0.717) is 17.6 Å². The molecule has 2 N–H and O–H groups in total. The molecule has 0 spiro atoms. The van der Waals surface area contributed by atoms with Crippen molar-refractivity contribution in [2.75, 3.05) is 13.1 Å². The molecule has 0 bridgehead atoms. The number of nitrogens with zero attached hydrogens (tertiary/aromatic N) is 3. The molecule has 7 heteroatoms. The Hall–Kier alpha value is -2.93. The van der Waals surface area contributed by atoms with E-state index in [-0.39, 0.29) is 11.5 Å². The van der Waals surface area contributed by atoms with Gasteiger partial charge in [-0.25, -0.2) is 0 Å². The smallest absolute Gasteiger partial charge is 0.261 e. The van der Waals surface area contributed by atoms with Gasteiger partial charge in [-0.3, -0.25) is 19.2 Å². The zero-order chi connectivity index (χ0) is 18.8. The molecule has 0 atom stereocenters. The van der Waals surface area contributed by atoms with Crippen LogP contribution < -0.4 is 10.9 Å². The first kappa shape index (κ1) is 17.5. The highest BCUT2D eigenvalue weighted by molar-refractivity contribution is 5.96. The molecule has 1 saturated heterocycles. The van der Waals surface area contributed by atoms with E-state index in [9.17, 15) is 9.59 Å². The lowest BCUT2D eigenvalue weighted by atomic mass is 10.1. The third kappa shape index (κ3) is 3.78. The van der Waals surface area contributed by atoms with Crippen LogP contribution in [0, 0.1) is 0 Å². The maximum Gasteiger partial charge on any atom is 0.261 e. The number of benzene rings is 1. The fraction of sp³-hybridized carbons (Fsp3) is 0.350. The summed E-state index contributed by atoms with van der Waals surface area (Å²) in [5, 5.41) is 6.94. The molecule has 1 aliphatic heterocycles. The molecule has 2 aromatic heterocycles. The number of hydrogen-bond donors (Lipinski definition) is 2. The van der Waals surface area contributed by atoms with Crippen LogP contribution in [0.3, 0.4) is 0 Å². The number of aryl methyl sites for hydroxylation is 1. The third-order valence-electron chi connectivity index (χ3n) is 5.05. The van der Waals surface area contributed by atoms with Gasteiger partial charge in [-0.15, -0.1) is 0 Å². The van der Waals surface area contributed by atoms with Gasteiger partial charge in [0.1, 0.15) is 5.56 Å². The lowest BCUT2D eigenvalue weighted by Gasteiger charge is -2.15. The van der Waals surface area contributed by atoms with Crippen LogP contribution in [-0.2, 0) is 20.1 Å². The second-order valence-electron chi connectivity index (χ2n) is 7.07. The van der Waals surface area contributed by atoms with Gasteiger partial charge in [0.25, 0.3) is 11.5 Å². The average molecular weight is 365 g/mol. The van der Waals surface area contributed by atoms with Crippen LogP contribution >= 0.6 is 0 Å². The van der Waals surface area contributed by atoms with Gasteiger partial charge in [0.05, 0.1) is 17.2 Å². The zero-order valence-electron chi connectivity index (χ0n) is 15.4. The summed E-state index contributed by atoms with van der Waals surface area (Å²) < 4.78 is 1.63. The first-order valence-corrected chi connectivity index (χ1v) is 9.23. The second-order valence-corrected chi connectivity index (χ2v) is 7.07. The zero-order valence-corrected chi connectivity index (χ0v) is 15.4. The minimum absolute atomic E-state index is 0.0966. The molecule has 140 valence electrons. The molecule has 0 radical (unpaired) electrons. The van der Waals surface area contributed by atoms with Crippen LogP contribution in [0.4, 0.5) is 0 Å². The lowest BCUT2D eigenvalue weighted by molar-refractivity contribution is 0.0949. The number of amides is 1. The number of nitrogens with one attached hydrogen (secondary N) is 2. The van der Waals surface area contributed by atoms with E-state index < -0.39 is 5.56 Å². The van der Waals surface area contributed by atoms with Crippen molar-refractivity contribution in [2.45, 2.75) is 25.9 Å². The van der Waals surface area contributed by atoms with Crippen molar-refractivity contribution in [2.24, 2.45) is 7.05 Å². The first-order chi connectivity index (χ1) is 13.1. The van der Waals surface area contributed by atoms with Crippen molar-refractivity contribution in [3.05, 3.63) is 63.6 Å². The Labute approximate surface area is 157 Å². The number of H-pyrrole nitrogens is 1. The molecule has 1 fully saturated rings. The molecule has 1 amide bonds. The number of rotatable bonds is 5. The van der Waals surface area contributed by atoms with E-state index >= 15 is 0 Å². The fourth-order valence-corrected chi connectivity index (χ4v) is 3.59. The molecule has 1 aliphatic rings. The summed E-state index contributed by atoms with van der Waals surface area (Å²) in [6.07, 6.45) is 4.11. The molecular formula is C20H23N5O2. The molecule has 0 saturated carbocycles. The number of aromatic nitrogens is 3. The number of hydrogen-bond acceptors (Lipinski definition) is 4. The average Bonchev–Trinajstić information content (AvgIpc) is 3.29. The number of aromatic amines is 1. The Morgan fingerprint density at radius 3 is 2.81 bits per heavy atom. The van der Waals surface area contributed by atoms with Gasteiger partial charge in [-0.1, -0.05) is 24.3 Å². The van der Waals surface area contributed by atoms with Gasteiger partial charge in [0.15, 0.2) is 0 Å². The van der Waals surface area contributed by atoms with Crippen molar-refractivity contribution in [3.63, 3.8) is 0 Å². The predicted molar refractivity (Wildman–Crippen MR) is 103 cm³/mol. The van der Waals surface area contributed by atoms with E-state index in [1.807, 2.05) is 12.1 Å². The SMILES string of the molecule is Cn1ncc2[nH]c(=O)c(C(=O)NCc3cccc(CN4CCCC4)c3)cc21. The Bertz CT molecular complexity index is 1030. The van der Waals surface area contributed by atoms with Crippen molar-refractivity contribution >= 4 is 16.9 Å². The van der Waals surface area contributed by atoms with Crippen molar-refractivity contribution < 1.29 is 4.79 Å². The molecule has 3 heterocycles.